The van der Waals surface area contributed by atoms with Gasteiger partial charge in [0.15, 0.2) is 0 Å². The second-order valence-electron chi connectivity index (χ2n) is 4.36. The number of nitrogens with one attached hydrogen (secondary N) is 1. The minimum Gasteiger partial charge on any atom is -0.308 e. The summed E-state index contributed by atoms with van der Waals surface area (Å²) in [5, 5.41) is 2.52. The molecule has 2 saturated carbocycles. The van der Waals surface area contributed by atoms with Crippen LogP contribution in [-0.4, -0.2) is 19.3 Å². The maximum atomic E-state index is 11.8. The summed E-state index contributed by atoms with van der Waals surface area (Å²) in [7, 11) is 0. The third kappa shape index (κ3) is 2.36. The molecule has 2 aliphatic rings. The molecular formula is C9H14F3N. The zero-order valence-electron chi connectivity index (χ0n) is 7.45. The van der Waals surface area contributed by atoms with Gasteiger partial charge in [0.05, 0.1) is 6.54 Å². The number of rotatable bonds is 4. The average molecular weight is 193 g/mol. The SMILES string of the molecule is FC(F)(F)CNCC1(C2CC2)CC1. The number of hydrogen-bond donors (Lipinski definition) is 1. The molecule has 0 aromatic heterocycles. The van der Waals surface area contributed by atoms with Gasteiger partial charge in [0.2, 0.25) is 0 Å². The van der Waals surface area contributed by atoms with E-state index < -0.39 is 12.7 Å². The van der Waals surface area contributed by atoms with Crippen LogP contribution in [0.1, 0.15) is 25.7 Å². The van der Waals surface area contributed by atoms with Crippen LogP contribution in [0.5, 0.6) is 0 Å². The van der Waals surface area contributed by atoms with E-state index >= 15 is 0 Å². The lowest BCUT2D eigenvalue weighted by Crippen LogP contribution is -2.33. The van der Waals surface area contributed by atoms with Crippen molar-refractivity contribution in [2.75, 3.05) is 13.1 Å². The molecule has 0 bridgehead atoms. The lowest BCUT2D eigenvalue weighted by atomic mass is 10.0. The zero-order valence-corrected chi connectivity index (χ0v) is 7.45. The fourth-order valence-electron chi connectivity index (χ4n) is 2.04. The fourth-order valence-corrected chi connectivity index (χ4v) is 2.04. The maximum Gasteiger partial charge on any atom is 0.401 e. The van der Waals surface area contributed by atoms with E-state index in [-0.39, 0.29) is 5.41 Å². The Bertz CT molecular complexity index is 192. The molecule has 4 heteroatoms. The number of alkyl halides is 3. The minimum atomic E-state index is -4.06. The number of hydrogen-bond acceptors (Lipinski definition) is 1. The molecule has 0 aromatic rings. The third-order valence-electron chi connectivity index (χ3n) is 3.14. The van der Waals surface area contributed by atoms with Crippen molar-refractivity contribution in [3.05, 3.63) is 0 Å². The summed E-state index contributed by atoms with van der Waals surface area (Å²) in [6.45, 7) is -0.265. The highest BCUT2D eigenvalue weighted by Gasteiger charge is 2.53. The van der Waals surface area contributed by atoms with Gasteiger partial charge >= 0.3 is 6.18 Å². The van der Waals surface area contributed by atoms with Gasteiger partial charge in [-0.1, -0.05) is 0 Å². The Balaban J connectivity index is 1.68. The highest BCUT2D eigenvalue weighted by Crippen LogP contribution is 2.60. The van der Waals surface area contributed by atoms with Gasteiger partial charge in [-0.05, 0) is 37.0 Å². The van der Waals surface area contributed by atoms with Crippen LogP contribution >= 0.6 is 0 Å². The Morgan fingerprint density at radius 3 is 2.23 bits per heavy atom. The van der Waals surface area contributed by atoms with Gasteiger partial charge in [-0.25, -0.2) is 0 Å². The van der Waals surface area contributed by atoms with Gasteiger partial charge < -0.3 is 5.32 Å². The van der Waals surface area contributed by atoms with Crippen molar-refractivity contribution < 1.29 is 13.2 Å². The summed E-state index contributed by atoms with van der Waals surface area (Å²) in [5.41, 5.74) is 0.269. The van der Waals surface area contributed by atoms with Gasteiger partial charge in [-0.15, -0.1) is 0 Å². The van der Waals surface area contributed by atoms with Gasteiger partial charge in [-0.3, -0.25) is 0 Å². The van der Waals surface area contributed by atoms with Crippen LogP contribution in [0.25, 0.3) is 0 Å². The molecule has 2 fully saturated rings. The van der Waals surface area contributed by atoms with Gasteiger partial charge in [-0.2, -0.15) is 13.2 Å². The summed E-state index contributed by atoms with van der Waals surface area (Å²) in [6.07, 6.45) is 0.659. The Morgan fingerprint density at radius 1 is 1.23 bits per heavy atom. The number of halogens is 3. The molecule has 2 rings (SSSR count). The van der Waals surface area contributed by atoms with Crippen molar-refractivity contribution in [3.8, 4) is 0 Å². The molecule has 0 saturated heterocycles. The van der Waals surface area contributed by atoms with Crippen molar-refractivity contribution >= 4 is 0 Å². The third-order valence-corrected chi connectivity index (χ3v) is 3.14. The molecule has 1 nitrogen and oxygen atoms in total. The summed E-state index contributed by atoms with van der Waals surface area (Å²) < 4.78 is 35.4. The van der Waals surface area contributed by atoms with Crippen LogP contribution in [0.15, 0.2) is 0 Å². The summed E-state index contributed by atoms with van der Waals surface area (Å²) in [4.78, 5) is 0. The molecule has 0 heterocycles. The first-order chi connectivity index (χ1) is 6.02. The van der Waals surface area contributed by atoms with Gasteiger partial charge in [0, 0.05) is 6.54 Å². The topological polar surface area (TPSA) is 12.0 Å². The molecule has 13 heavy (non-hydrogen) atoms. The molecule has 0 aliphatic heterocycles. The van der Waals surface area contributed by atoms with E-state index in [0.717, 1.165) is 18.8 Å². The van der Waals surface area contributed by atoms with Crippen LogP contribution in [0, 0.1) is 11.3 Å². The van der Waals surface area contributed by atoms with Crippen LogP contribution < -0.4 is 5.32 Å². The van der Waals surface area contributed by atoms with Crippen molar-refractivity contribution in [2.24, 2.45) is 11.3 Å². The van der Waals surface area contributed by atoms with E-state index in [1.165, 1.54) is 12.8 Å². The van der Waals surface area contributed by atoms with E-state index in [1.54, 1.807) is 0 Å². The minimum absolute atomic E-state index is 0.269. The first-order valence-corrected chi connectivity index (χ1v) is 4.79. The summed E-state index contributed by atoms with van der Waals surface area (Å²) in [5.74, 6) is 0.730. The molecule has 0 radical (unpaired) electrons. The molecule has 0 aromatic carbocycles. The smallest absolute Gasteiger partial charge is 0.308 e. The molecule has 0 amide bonds. The average Bonchev–Trinajstić information content (AvgIpc) is 2.80. The predicted octanol–water partition coefficient (Wildman–Crippen LogP) is 2.33. The monoisotopic (exact) mass is 193 g/mol. The molecule has 0 atom stereocenters. The second-order valence-corrected chi connectivity index (χ2v) is 4.36. The van der Waals surface area contributed by atoms with E-state index in [4.69, 9.17) is 0 Å². The highest BCUT2D eigenvalue weighted by atomic mass is 19.4. The largest absolute Gasteiger partial charge is 0.401 e. The van der Waals surface area contributed by atoms with Crippen LogP contribution in [-0.2, 0) is 0 Å². The van der Waals surface area contributed by atoms with Crippen molar-refractivity contribution in [1.29, 1.82) is 0 Å². The fraction of sp³-hybridized carbons (Fsp3) is 1.00. The summed E-state index contributed by atoms with van der Waals surface area (Å²) >= 11 is 0. The highest BCUT2D eigenvalue weighted by molar-refractivity contribution is 5.05. The lowest BCUT2D eigenvalue weighted by Gasteiger charge is -2.15. The summed E-state index contributed by atoms with van der Waals surface area (Å²) in [6, 6.07) is 0. The second kappa shape index (κ2) is 2.87. The van der Waals surface area contributed by atoms with Gasteiger partial charge in [0.25, 0.3) is 0 Å². The van der Waals surface area contributed by atoms with Crippen LogP contribution in [0.2, 0.25) is 0 Å². The van der Waals surface area contributed by atoms with E-state index in [9.17, 15) is 13.2 Å². The Kier molecular flexibility index (Phi) is 2.06. The van der Waals surface area contributed by atoms with Crippen LogP contribution in [0.4, 0.5) is 13.2 Å². The molecular weight excluding hydrogens is 179 g/mol. The predicted molar refractivity (Wildman–Crippen MR) is 43.3 cm³/mol. The van der Waals surface area contributed by atoms with E-state index in [1.807, 2.05) is 0 Å². The van der Waals surface area contributed by atoms with Crippen LogP contribution in [0.3, 0.4) is 0 Å². The molecule has 1 N–H and O–H groups in total. The molecule has 0 spiro atoms. The van der Waals surface area contributed by atoms with Crippen molar-refractivity contribution in [2.45, 2.75) is 31.9 Å². The van der Waals surface area contributed by atoms with Gasteiger partial charge in [0.1, 0.15) is 0 Å². The Labute approximate surface area is 75.7 Å². The quantitative estimate of drug-likeness (QED) is 0.722. The first kappa shape index (κ1) is 9.31. The lowest BCUT2D eigenvalue weighted by molar-refractivity contribution is -0.125. The van der Waals surface area contributed by atoms with Crippen molar-refractivity contribution in [3.63, 3.8) is 0 Å². The normalized spacial score (nSPS) is 26.1. The molecule has 76 valence electrons. The standard InChI is InChI=1S/C9H14F3N/c10-9(11,12)6-13-5-8(3-4-8)7-1-2-7/h7,13H,1-6H2. The maximum absolute atomic E-state index is 11.8. The molecule has 2 aliphatic carbocycles. The Hall–Kier alpha value is -0.250. The van der Waals surface area contributed by atoms with E-state index in [0.29, 0.717) is 6.54 Å². The first-order valence-electron chi connectivity index (χ1n) is 4.79. The van der Waals surface area contributed by atoms with E-state index in [2.05, 4.69) is 5.32 Å². The molecule has 0 unspecified atom stereocenters. The zero-order chi connectivity index (χ0) is 9.53. The van der Waals surface area contributed by atoms with Crippen molar-refractivity contribution in [1.82, 2.24) is 5.32 Å². The Morgan fingerprint density at radius 2 is 1.85 bits per heavy atom.